The van der Waals surface area contributed by atoms with E-state index in [1.807, 2.05) is 31.2 Å². The number of rotatable bonds is 4. The minimum atomic E-state index is -1.40. The highest BCUT2D eigenvalue weighted by Crippen LogP contribution is 2.19. The molecular formula is C15H16N4O4. The summed E-state index contributed by atoms with van der Waals surface area (Å²) in [6.45, 7) is 2.21. The van der Waals surface area contributed by atoms with E-state index in [4.69, 9.17) is 4.74 Å². The van der Waals surface area contributed by atoms with Gasteiger partial charge in [-0.05, 0) is 19.1 Å². The number of carbonyl (C=O) groups is 2. The lowest BCUT2D eigenvalue weighted by Crippen LogP contribution is -2.55. The lowest BCUT2D eigenvalue weighted by atomic mass is 9.99. The van der Waals surface area contributed by atoms with Crippen molar-refractivity contribution in [3.8, 4) is 5.69 Å². The molecule has 3 rings (SSSR count). The van der Waals surface area contributed by atoms with Crippen molar-refractivity contribution in [1.29, 1.82) is 0 Å². The van der Waals surface area contributed by atoms with Gasteiger partial charge in [0.2, 0.25) is 0 Å². The van der Waals surface area contributed by atoms with E-state index in [9.17, 15) is 14.7 Å². The molecule has 2 aromatic rings. The van der Waals surface area contributed by atoms with E-state index in [1.54, 1.807) is 0 Å². The molecule has 1 fully saturated rings. The van der Waals surface area contributed by atoms with Crippen molar-refractivity contribution in [2.75, 3.05) is 13.2 Å². The Morgan fingerprint density at radius 3 is 2.70 bits per heavy atom. The molecule has 1 saturated heterocycles. The third-order valence-corrected chi connectivity index (χ3v) is 3.81. The summed E-state index contributed by atoms with van der Waals surface area (Å²) < 4.78 is 6.57. The molecule has 1 aromatic heterocycles. The molecule has 2 heterocycles. The standard InChI is InChI=1S/C15H16N4O4/c1-10-2-4-11(5-3-10)19-8-12(17-18-19)13(20)16-15(14(21)22)6-7-23-9-15/h2-5,8H,6-7,9H2,1H3,(H,16,20)(H,21,22). The van der Waals surface area contributed by atoms with E-state index in [0.29, 0.717) is 6.61 Å². The molecule has 1 unspecified atom stereocenters. The molecule has 1 aliphatic heterocycles. The molecular weight excluding hydrogens is 300 g/mol. The number of aliphatic carboxylic acids is 1. The van der Waals surface area contributed by atoms with Gasteiger partial charge >= 0.3 is 5.97 Å². The fourth-order valence-electron chi connectivity index (χ4n) is 2.36. The summed E-state index contributed by atoms with van der Waals surface area (Å²) >= 11 is 0. The number of aryl methyl sites for hydroxylation is 1. The molecule has 0 spiro atoms. The van der Waals surface area contributed by atoms with E-state index < -0.39 is 17.4 Å². The second-order valence-electron chi connectivity index (χ2n) is 5.53. The Labute approximate surface area is 132 Å². The van der Waals surface area contributed by atoms with Gasteiger partial charge in [0.1, 0.15) is 0 Å². The quantitative estimate of drug-likeness (QED) is 0.853. The van der Waals surface area contributed by atoms with Crippen LogP contribution in [-0.2, 0) is 9.53 Å². The highest BCUT2D eigenvalue weighted by atomic mass is 16.5. The van der Waals surface area contributed by atoms with Gasteiger partial charge in [-0.3, -0.25) is 4.79 Å². The van der Waals surface area contributed by atoms with Gasteiger partial charge in [-0.25, -0.2) is 9.48 Å². The van der Waals surface area contributed by atoms with Gasteiger partial charge in [-0.2, -0.15) is 0 Å². The maximum atomic E-state index is 12.3. The maximum absolute atomic E-state index is 12.3. The number of hydrogen-bond acceptors (Lipinski definition) is 5. The molecule has 1 aromatic carbocycles. The second-order valence-corrected chi connectivity index (χ2v) is 5.53. The van der Waals surface area contributed by atoms with Crippen molar-refractivity contribution in [2.45, 2.75) is 18.9 Å². The van der Waals surface area contributed by atoms with Gasteiger partial charge in [0, 0.05) is 13.0 Å². The van der Waals surface area contributed by atoms with Gasteiger partial charge < -0.3 is 15.2 Å². The molecule has 0 radical (unpaired) electrons. The SMILES string of the molecule is Cc1ccc(-n2cc(C(=O)NC3(C(=O)O)CCOC3)nn2)cc1. The molecule has 8 nitrogen and oxygen atoms in total. The highest BCUT2D eigenvalue weighted by Gasteiger charge is 2.44. The number of carboxylic acids is 1. The number of nitrogens with zero attached hydrogens (tertiary/aromatic N) is 3. The van der Waals surface area contributed by atoms with E-state index in [-0.39, 0.29) is 18.7 Å². The van der Waals surface area contributed by atoms with Crippen molar-refractivity contribution in [1.82, 2.24) is 20.3 Å². The lowest BCUT2D eigenvalue weighted by molar-refractivity contribution is -0.144. The average Bonchev–Trinajstić information content (AvgIpc) is 3.17. The summed E-state index contributed by atoms with van der Waals surface area (Å²) in [5.41, 5.74) is 0.527. The molecule has 0 saturated carbocycles. The van der Waals surface area contributed by atoms with Crippen LogP contribution >= 0.6 is 0 Å². The molecule has 23 heavy (non-hydrogen) atoms. The zero-order valence-corrected chi connectivity index (χ0v) is 12.5. The van der Waals surface area contributed by atoms with Crippen molar-refractivity contribution in [3.05, 3.63) is 41.7 Å². The first-order valence-electron chi connectivity index (χ1n) is 7.13. The largest absolute Gasteiger partial charge is 0.479 e. The Morgan fingerprint density at radius 1 is 1.35 bits per heavy atom. The fourth-order valence-corrected chi connectivity index (χ4v) is 2.36. The first-order chi connectivity index (χ1) is 11.0. The van der Waals surface area contributed by atoms with E-state index in [0.717, 1.165) is 11.3 Å². The monoisotopic (exact) mass is 316 g/mol. The van der Waals surface area contributed by atoms with Crippen molar-refractivity contribution in [2.24, 2.45) is 0 Å². The summed E-state index contributed by atoms with van der Waals surface area (Å²) in [6, 6.07) is 7.56. The van der Waals surface area contributed by atoms with Crippen LogP contribution in [0.2, 0.25) is 0 Å². The summed E-state index contributed by atoms with van der Waals surface area (Å²) in [4.78, 5) is 23.7. The van der Waals surface area contributed by atoms with E-state index >= 15 is 0 Å². The highest BCUT2D eigenvalue weighted by molar-refractivity contribution is 5.96. The van der Waals surface area contributed by atoms with Crippen LogP contribution in [0.15, 0.2) is 30.5 Å². The summed E-state index contributed by atoms with van der Waals surface area (Å²) in [6.07, 6.45) is 1.69. The number of ether oxygens (including phenoxy) is 1. The first-order valence-corrected chi connectivity index (χ1v) is 7.13. The number of aromatic nitrogens is 3. The van der Waals surface area contributed by atoms with Crippen LogP contribution in [-0.4, -0.2) is 50.7 Å². The van der Waals surface area contributed by atoms with Crippen LogP contribution in [0.25, 0.3) is 5.69 Å². The van der Waals surface area contributed by atoms with Crippen LogP contribution in [0.4, 0.5) is 0 Å². The number of nitrogens with one attached hydrogen (secondary N) is 1. The first kappa shape index (κ1) is 15.2. The zero-order chi connectivity index (χ0) is 16.4. The third-order valence-electron chi connectivity index (χ3n) is 3.81. The molecule has 1 amide bonds. The van der Waals surface area contributed by atoms with Gasteiger partial charge in [-0.1, -0.05) is 22.9 Å². The second kappa shape index (κ2) is 5.81. The van der Waals surface area contributed by atoms with Crippen LogP contribution < -0.4 is 5.32 Å². The van der Waals surface area contributed by atoms with Gasteiger partial charge in [0.25, 0.3) is 5.91 Å². The number of carboxylic acid groups (broad SMARTS) is 1. The Bertz CT molecular complexity index is 732. The number of benzene rings is 1. The maximum Gasteiger partial charge on any atom is 0.331 e. The zero-order valence-electron chi connectivity index (χ0n) is 12.5. The number of carbonyl (C=O) groups excluding carboxylic acids is 1. The average molecular weight is 316 g/mol. The van der Waals surface area contributed by atoms with Crippen LogP contribution in [0.5, 0.6) is 0 Å². The molecule has 120 valence electrons. The Hall–Kier alpha value is -2.74. The summed E-state index contributed by atoms with van der Waals surface area (Å²) in [7, 11) is 0. The molecule has 0 aliphatic carbocycles. The minimum Gasteiger partial charge on any atom is -0.479 e. The van der Waals surface area contributed by atoms with Crippen LogP contribution in [0, 0.1) is 6.92 Å². The molecule has 2 N–H and O–H groups in total. The van der Waals surface area contributed by atoms with Crippen LogP contribution in [0.1, 0.15) is 22.5 Å². The van der Waals surface area contributed by atoms with Crippen molar-refractivity contribution in [3.63, 3.8) is 0 Å². The van der Waals surface area contributed by atoms with E-state index in [2.05, 4.69) is 15.6 Å². The number of amides is 1. The molecule has 1 atom stereocenters. The van der Waals surface area contributed by atoms with Crippen molar-refractivity contribution < 1.29 is 19.4 Å². The van der Waals surface area contributed by atoms with Gasteiger partial charge in [-0.15, -0.1) is 5.10 Å². The van der Waals surface area contributed by atoms with Gasteiger partial charge in [0.05, 0.1) is 18.5 Å². The van der Waals surface area contributed by atoms with E-state index in [1.165, 1.54) is 10.9 Å². The third kappa shape index (κ3) is 2.93. The molecule has 1 aliphatic rings. The predicted octanol–water partition coefficient (Wildman–Crippen LogP) is 0.549. The Morgan fingerprint density at radius 2 is 2.09 bits per heavy atom. The summed E-state index contributed by atoms with van der Waals surface area (Å²) in [5, 5.41) is 19.6. The fraction of sp³-hybridized carbons (Fsp3) is 0.333. The summed E-state index contributed by atoms with van der Waals surface area (Å²) in [5.74, 6) is -1.70. The Kier molecular flexibility index (Phi) is 3.83. The number of hydrogen-bond donors (Lipinski definition) is 2. The smallest absolute Gasteiger partial charge is 0.331 e. The van der Waals surface area contributed by atoms with Crippen LogP contribution in [0.3, 0.4) is 0 Å². The minimum absolute atomic E-state index is 0.0538. The molecule has 0 bridgehead atoms. The molecule has 8 heteroatoms. The van der Waals surface area contributed by atoms with Crippen molar-refractivity contribution >= 4 is 11.9 Å². The lowest BCUT2D eigenvalue weighted by Gasteiger charge is -2.22. The normalized spacial score (nSPS) is 20.4. The Balaban J connectivity index is 1.78. The topological polar surface area (TPSA) is 106 Å². The van der Waals surface area contributed by atoms with Gasteiger partial charge in [0.15, 0.2) is 11.2 Å². The predicted molar refractivity (Wildman–Crippen MR) is 79.4 cm³/mol.